The van der Waals surface area contributed by atoms with E-state index in [0.29, 0.717) is 0 Å². The Morgan fingerprint density at radius 2 is 0.844 bits per heavy atom. The van der Waals surface area contributed by atoms with Crippen LogP contribution < -0.4 is 4.90 Å². The van der Waals surface area contributed by atoms with Crippen LogP contribution in [0, 0.1) is 0 Å². The van der Waals surface area contributed by atoms with Gasteiger partial charge in [0.1, 0.15) is 0 Å². The van der Waals surface area contributed by atoms with Crippen molar-refractivity contribution in [1.82, 2.24) is 4.57 Å². The van der Waals surface area contributed by atoms with Crippen molar-refractivity contribution in [2.45, 2.75) is 5.41 Å². The molecule has 1 aliphatic heterocycles. The van der Waals surface area contributed by atoms with Gasteiger partial charge in [-0.05, 0) is 155 Å². The number of anilines is 3. The fourth-order valence-corrected chi connectivity index (χ4v) is 13.4. The first-order chi connectivity index (χ1) is 38.2. The molecule has 2 aliphatic rings. The average Bonchev–Trinajstić information content (AvgIpc) is 4.08. The first kappa shape index (κ1) is 43.4. The Bertz CT molecular complexity index is 4690. The highest BCUT2D eigenvalue weighted by molar-refractivity contribution is 6.13. The van der Waals surface area contributed by atoms with Crippen LogP contribution in [0.1, 0.15) is 22.3 Å². The van der Waals surface area contributed by atoms with E-state index in [2.05, 4.69) is 301 Å². The van der Waals surface area contributed by atoms with Gasteiger partial charge in [-0.15, -0.1) is 0 Å². The number of fused-ring (bicyclic) bond motifs is 14. The third kappa shape index (κ3) is 6.49. The summed E-state index contributed by atoms with van der Waals surface area (Å²) in [4.78, 5) is 2.43. The summed E-state index contributed by atoms with van der Waals surface area (Å²) < 4.78 is 2.52. The molecular formula is C75H48N2. The molecule has 0 N–H and O–H groups in total. The molecule has 358 valence electrons. The van der Waals surface area contributed by atoms with Crippen LogP contribution >= 0.6 is 0 Å². The molecule has 1 unspecified atom stereocenters. The predicted octanol–water partition coefficient (Wildman–Crippen LogP) is 19.9. The first-order valence-electron chi connectivity index (χ1n) is 26.7. The summed E-state index contributed by atoms with van der Waals surface area (Å²) in [5, 5.41) is 7.44. The molecule has 1 atom stereocenters. The Morgan fingerprint density at radius 1 is 0.273 bits per heavy atom. The monoisotopic (exact) mass is 976 g/mol. The second-order valence-corrected chi connectivity index (χ2v) is 20.7. The Balaban J connectivity index is 0.836. The summed E-state index contributed by atoms with van der Waals surface area (Å²) in [5.74, 6) is 0. The van der Waals surface area contributed by atoms with Crippen LogP contribution in [0.3, 0.4) is 0 Å². The van der Waals surface area contributed by atoms with Crippen molar-refractivity contribution in [3.05, 3.63) is 313 Å². The van der Waals surface area contributed by atoms with Crippen molar-refractivity contribution < 1.29 is 0 Å². The number of nitrogens with zero attached hydrogens (tertiary/aromatic N) is 2. The van der Waals surface area contributed by atoms with Crippen molar-refractivity contribution in [2.24, 2.45) is 0 Å². The lowest BCUT2D eigenvalue weighted by atomic mass is 9.65. The molecule has 0 amide bonds. The largest absolute Gasteiger partial charge is 0.310 e. The van der Waals surface area contributed by atoms with E-state index >= 15 is 0 Å². The van der Waals surface area contributed by atoms with E-state index < -0.39 is 5.41 Å². The Kier molecular flexibility index (Phi) is 9.58. The van der Waals surface area contributed by atoms with Crippen LogP contribution in [0.5, 0.6) is 0 Å². The maximum absolute atomic E-state index is 2.52. The fraction of sp³-hybridized carbons (Fsp3) is 0.0133. The van der Waals surface area contributed by atoms with Crippen LogP contribution in [0.2, 0.25) is 0 Å². The summed E-state index contributed by atoms with van der Waals surface area (Å²) in [6.07, 6.45) is 0. The van der Waals surface area contributed by atoms with Gasteiger partial charge in [0.15, 0.2) is 0 Å². The molecule has 0 radical (unpaired) electrons. The second-order valence-electron chi connectivity index (χ2n) is 20.7. The zero-order valence-corrected chi connectivity index (χ0v) is 42.1. The number of hydrogen-bond acceptors (Lipinski definition) is 1. The van der Waals surface area contributed by atoms with Crippen molar-refractivity contribution in [1.29, 1.82) is 0 Å². The minimum atomic E-state index is -0.510. The summed E-state index contributed by atoms with van der Waals surface area (Å²) in [5.41, 5.74) is 24.0. The van der Waals surface area contributed by atoms with Gasteiger partial charge < -0.3 is 9.47 Å². The summed E-state index contributed by atoms with van der Waals surface area (Å²) in [6, 6.07) is 108. The molecule has 2 nitrogen and oxygen atoms in total. The van der Waals surface area contributed by atoms with Gasteiger partial charge in [-0.2, -0.15) is 0 Å². The van der Waals surface area contributed by atoms with Crippen LogP contribution in [0.15, 0.2) is 291 Å². The SMILES string of the molecule is c1ccc(-c2cccc(-c3ccccc3N(c3ccc(-c4cccc5ccccc45)cc3)c3ccc4cc(-c5ccc6c(c5)C5(c7ccccc7-6)c6ccccc6-n6c7ccccc7c7cccc5c76)ccc4c3)c2)cc1. The smallest absolute Gasteiger partial charge is 0.0754 e. The van der Waals surface area contributed by atoms with E-state index in [1.54, 1.807) is 0 Å². The first-order valence-corrected chi connectivity index (χ1v) is 26.7. The van der Waals surface area contributed by atoms with E-state index in [1.165, 1.54) is 121 Å². The molecule has 77 heavy (non-hydrogen) atoms. The van der Waals surface area contributed by atoms with Crippen LogP contribution in [0.25, 0.3) is 105 Å². The normalized spacial score (nSPS) is 14.0. The molecule has 13 aromatic carbocycles. The molecule has 0 fully saturated rings. The lowest BCUT2D eigenvalue weighted by Gasteiger charge is -2.39. The predicted molar refractivity (Wildman–Crippen MR) is 323 cm³/mol. The molecule has 0 saturated carbocycles. The number of aromatic nitrogens is 1. The molecule has 16 rings (SSSR count). The standard InChI is InChI=1S/C75H48N2/c1-2-17-49(18-3-1)52-21-14-22-57(46-52)62-24-7-11-32-71(62)76(58-41-37-51(38-42-58)61-27-15-20-50-19-4-5-23-60(50)61)59-43-39-54-45-53(35-36-55(54)47-59)56-40-44-64-63-25-6-9-29-67(63)75(70(64)48-56)68-30-10-13-34-73(68)77-72-33-12-8-26-65(72)66-28-16-31-69(75)74(66)77/h1-48H. The number of benzene rings is 13. The molecule has 1 spiro atoms. The maximum Gasteiger partial charge on any atom is 0.0754 e. The Hall–Kier alpha value is -10.0. The lowest BCUT2D eigenvalue weighted by molar-refractivity contribution is 0.749. The highest BCUT2D eigenvalue weighted by Gasteiger charge is 2.50. The zero-order chi connectivity index (χ0) is 50.6. The molecule has 1 aliphatic carbocycles. The summed E-state index contributed by atoms with van der Waals surface area (Å²) in [7, 11) is 0. The number of hydrogen-bond donors (Lipinski definition) is 0. The summed E-state index contributed by atoms with van der Waals surface area (Å²) >= 11 is 0. The molecule has 2 heterocycles. The van der Waals surface area contributed by atoms with Gasteiger partial charge in [0.2, 0.25) is 0 Å². The van der Waals surface area contributed by atoms with Crippen LogP contribution in [-0.2, 0) is 5.41 Å². The van der Waals surface area contributed by atoms with E-state index in [9.17, 15) is 0 Å². The van der Waals surface area contributed by atoms with Crippen molar-refractivity contribution in [3.63, 3.8) is 0 Å². The molecule has 14 aromatic rings. The second kappa shape index (κ2) is 17.0. The van der Waals surface area contributed by atoms with E-state index in [0.717, 1.165) is 22.6 Å². The van der Waals surface area contributed by atoms with Gasteiger partial charge in [0.05, 0.1) is 27.8 Å². The molecule has 1 aromatic heterocycles. The van der Waals surface area contributed by atoms with Crippen molar-refractivity contribution >= 4 is 60.4 Å². The highest BCUT2D eigenvalue weighted by Crippen LogP contribution is 2.61. The van der Waals surface area contributed by atoms with Crippen LogP contribution in [0.4, 0.5) is 17.1 Å². The number of para-hydroxylation sites is 4. The topological polar surface area (TPSA) is 8.17 Å². The maximum atomic E-state index is 2.52. The van der Waals surface area contributed by atoms with E-state index in [-0.39, 0.29) is 0 Å². The van der Waals surface area contributed by atoms with Crippen LogP contribution in [-0.4, -0.2) is 4.57 Å². The molecule has 0 bridgehead atoms. The Morgan fingerprint density at radius 3 is 1.75 bits per heavy atom. The minimum Gasteiger partial charge on any atom is -0.310 e. The highest BCUT2D eigenvalue weighted by atomic mass is 15.1. The quantitative estimate of drug-likeness (QED) is 0.154. The zero-order valence-electron chi connectivity index (χ0n) is 42.1. The average molecular weight is 977 g/mol. The van der Waals surface area contributed by atoms with Gasteiger partial charge in [0, 0.05) is 27.7 Å². The number of rotatable bonds is 7. The van der Waals surface area contributed by atoms with E-state index in [4.69, 9.17) is 0 Å². The van der Waals surface area contributed by atoms with Gasteiger partial charge in [-0.1, -0.05) is 231 Å². The molecular weight excluding hydrogens is 929 g/mol. The van der Waals surface area contributed by atoms with Gasteiger partial charge in [-0.25, -0.2) is 0 Å². The minimum absolute atomic E-state index is 0.510. The third-order valence-electron chi connectivity index (χ3n) is 16.8. The lowest BCUT2D eigenvalue weighted by Crippen LogP contribution is -2.33. The molecule has 0 saturated heterocycles. The van der Waals surface area contributed by atoms with Gasteiger partial charge in [-0.3, -0.25) is 0 Å². The van der Waals surface area contributed by atoms with Gasteiger partial charge >= 0.3 is 0 Å². The molecule has 2 heteroatoms. The van der Waals surface area contributed by atoms with E-state index in [1.807, 2.05) is 0 Å². The van der Waals surface area contributed by atoms with Crippen molar-refractivity contribution in [2.75, 3.05) is 4.90 Å². The Labute approximate surface area is 447 Å². The van der Waals surface area contributed by atoms with Crippen molar-refractivity contribution in [3.8, 4) is 61.3 Å². The van der Waals surface area contributed by atoms with Gasteiger partial charge in [0.25, 0.3) is 0 Å². The summed E-state index contributed by atoms with van der Waals surface area (Å²) in [6.45, 7) is 0. The third-order valence-corrected chi connectivity index (χ3v) is 16.8. The fourth-order valence-electron chi connectivity index (χ4n) is 13.4.